The molecule has 1 aromatic rings. The van der Waals surface area contributed by atoms with E-state index in [1.54, 1.807) is 0 Å². The Labute approximate surface area is 102 Å². The summed E-state index contributed by atoms with van der Waals surface area (Å²) >= 11 is 0. The van der Waals surface area contributed by atoms with Crippen LogP contribution in [0.5, 0.6) is 0 Å². The third kappa shape index (κ3) is 3.06. The van der Waals surface area contributed by atoms with Gasteiger partial charge >= 0.3 is 0 Å². The third-order valence-electron chi connectivity index (χ3n) is 2.94. The average molecular weight is 238 g/mol. The normalized spacial score (nSPS) is 13.5. The summed E-state index contributed by atoms with van der Waals surface area (Å²) in [5.41, 5.74) is 7.75. The lowest BCUT2D eigenvalue weighted by Crippen LogP contribution is -2.48. The number of rotatable bonds is 3. The third-order valence-corrected chi connectivity index (χ3v) is 2.94. The maximum atomic E-state index is 12.1. The molecule has 0 fully saturated rings. The number of nitrogens with two attached hydrogens (primary N) is 1. The van der Waals surface area contributed by atoms with Crippen LogP contribution in [0.1, 0.15) is 42.5 Å². The van der Waals surface area contributed by atoms with Crippen molar-refractivity contribution in [2.45, 2.75) is 40.7 Å². The SMILES string of the molecule is Cc1n[nH]c(C)c1C(=O)NC(CN)C(C)(C)C. The maximum absolute atomic E-state index is 12.1. The van der Waals surface area contributed by atoms with E-state index in [0.717, 1.165) is 5.69 Å². The molecule has 5 nitrogen and oxygen atoms in total. The first-order chi connectivity index (χ1) is 7.77. The minimum absolute atomic E-state index is 0.0521. The molecular weight excluding hydrogens is 216 g/mol. The lowest BCUT2D eigenvalue weighted by molar-refractivity contribution is 0.0904. The van der Waals surface area contributed by atoms with Gasteiger partial charge in [0.25, 0.3) is 5.91 Å². The summed E-state index contributed by atoms with van der Waals surface area (Å²) < 4.78 is 0. The maximum Gasteiger partial charge on any atom is 0.255 e. The van der Waals surface area contributed by atoms with E-state index in [2.05, 4.69) is 36.3 Å². The molecule has 0 aliphatic rings. The van der Waals surface area contributed by atoms with Crippen molar-refractivity contribution >= 4 is 5.91 Å². The molecule has 1 rings (SSSR count). The van der Waals surface area contributed by atoms with Gasteiger partial charge in [-0.2, -0.15) is 5.10 Å². The second-order valence-electron chi connectivity index (χ2n) is 5.44. The Balaban J connectivity index is 2.86. The molecule has 17 heavy (non-hydrogen) atoms. The molecule has 1 amide bonds. The van der Waals surface area contributed by atoms with Crippen molar-refractivity contribution in [2.75, 3.05) is 6.54 Å². The zero-order valence-electron chi connectivity index (χ0n) is 11.2. The van der Waals surface area contributed by atoms with Gasteiger partial charge in [0.1, 0.15) is 0 Å². The number of carbonyl (C=O) groups is 1. The summed E-state index contributed by atoms with van der Waals surface area (Å²) in [6, 6.07) is -0.0521. The monoisotopic (exact) mass is 238 g/mol. The number of aromatic amines is 1. The fourth-order valence-corrected chi connectivity index (χ4v) is 1.74. The van der Waals surface area contributed by atoms with E-state index in [1.807, 2.05) is 13.8 Å². The fourth-order valence-electron chi connectivity index (χ4n) is 1.74. The lowest BCUT2D eigenvalue weighted by Gasteiger charge is -2.30. The summed E-state index contributed by atoms with van der Waals surface area (Å²) in [6.07, 6.45) is 0. The summed E-state index contributed by atoms with van der Waals surface area (Å²) in [7, 11) is 0. The van der Waals surface area contributed by atoms with Crippen molar-refractivity contribution in [1.29, 1.82) is 0 Å². The number of amides is 1. The summed E-state index contributed by atoms with van der Waals surface area (Å²) in [4.78, 5) is 12.1. The van der Waals surface area contributed by atoms with Gasteiger partial charge in [0, 0.05) is 18.3 Å². The van der Waals surface area contributed by atoms with E-state index in [1.165, 1.54) is 0 Å². The predicted molar refractivity (Wildman–Crippen MR) is 67.8 cm³/mol. The molecule has 4 N–H and O–H groups in total. The van der Waals surface area contributed by atoms with Crippen LogP contribution in [0.15, 0.2) is 0 Å². The van der Waals surface area contributed by atoms with Gasteiger partial charge in [0.15, 0.2) is 0 Å². The number of aryl methyl sites for hydroxylation is 2. The minimum Gasteiger partial charge on any atom is -0.347 e. The van der Waals surface area contributed by atoms with Crippen LogP contribution in [-0.4, -0.2) is 28.7 Å². The zero-order valence-corrected chi connectivity index (χ0v) is 11.2. The first-order valence-electron chi connectivity index (χ1n) is 5.80. The second-order valence-corrected chi connectivity index (χ2v) is 5.44. The number of hydrogen-bond donors (Lipinski definition) is 3. The number of hydrogen-bond acceptors (Lipinski definition) is 3. The highest BCUT2D eigenvalue weighted by molar-refractivity contribution is 5.96. The molecular formula is C12H22N4O. The molecule has 1 aromatic heterocycles. The van der Waals surface area contributed by atoms with Crippen LogP contribution in [0.3, 0.4) is 0 Å². The lowest BCUT2D eigenvalue weighted by atomic mass is 9.86. The van der Waals surface area contributed by atoms with E-state index in [9.17, 15) is 4.79 Å². The summed E-state index contributed by atoms with van der Waals surface area (Å²) in [5, 5.41) is 9.79. The number of nitrogens with one attached hydrogen (secondary N) is 2. The van der Waals surface area contributed by atoms with Crippen molar-refractivity contribution in [3.63, 3.8) is 0 Å². The van der Waals surface area contributed by atoms with Crippen LogP contribution in [-0.2, 0) is 0 Å². The van der Waals surface area contributed by atoms with Crippen molar-refractivity contribution in [2.24, 2.45) is 11.1 Å². The molecule has 0 aliphatic carbocycles. The van der Waals surface area contributed by atoms with E-state index in [0.29, 0.717) is 17.8 Å². The van der Waals surface area contributed by atoms with Crippen molar-refractivity contribution < 1.29 is 4.79 Å². The minimum atomic E-state index is -0.112. The number of nitrogens with zero attached hydrogens (tertiary/aromatic N) is 1. The molecule has 5 heteroatoms. The van der Waals surface area contributed by atoms with Crippen LogP contribution in [0.25, 0.3) is 0 Å². The Kier molecular flexibility index (Phi) is 3.93. The zero-order chi connectivity index (χ0) is 13.2. The quantitative estimate of drug-likeness (QED) is 0.738. The van der Waals surface area contributed by atoms with Gasteiger partial charge in [-0.15, -0.1) is 0 Å². The van der Waals surface area contributed by atoms with Crippen LogP contribution in [0.2, 0.25) is 0 Å². The molecule has 0 radical (unpaired) electrons. The van der Waals surface area contributed by atoms with Gasteiger partial charge < -0.3 is 11.1 Å². The van der Waals surface area contributed by atoms with E-state index < -0.39 is 0 Å². The molecule has 1 atom stereocenters. The molecule has 96 valence electrons. The van der Waals surface area contributed by atoms with Crippen LogP contribution >= 0.6 is 0 Å². The largest absolute Gasteiger partial charge is 0.347 e. The Morgan fingerprint density at radius 1 is 1.47 bits per heavy atom. The van der Waals surface area contributed by atoms with Gasteiger partial charge in [0.05, 0.1) is 11.3 Å². The second kappa shape index (κ2) is 4.87. The topological polar surface area (TPSA) is 83.8 Å². The molecule has 0 bridgehead atoms. The van der Waals surface area contributed by atoms with Gasteiger partial charge in [-0.05, 0) is 19.3 Å². The van der Waals surface area contributed by atoms with Crippen LogP contribution < -0.4 is 11.1 Å². The van der Waals surface area contributed by atoms with Gasteiger partial charge in [-0.1, -0.05) is 20.8 Å². The predicted octanol–water partition coefficient (Wildman–Crippen LogP) is 1.13. The van der Waals surface area contributed by atoms with Crippen molar-refractivity contribution in [3.8, 4) is 0 Å². The van der Waals surface area contributed by atoms with Crippen LogP contribution in [0, 0.1) is 19.3 Å². The Bertz CT molecular complexity index is 384. The number of H-pyrrole nitrogens is 1. The standard InChI is InChI=1S/C12H22N4O/c1-7-10(8(2)16-15-7)11(17)14-9(6-13)12(3,4)5/h9H,6,13H2,1-5H3,(H,14,17)(H,15,16). The highest BCUT2D eigenvalue weighted by Crippen LogP contribution is 2.19. The highest BCUT2D eigenvalue weighted by atomic mass is 16.1. The van der Waals surface area contributed by atoms with Gasteiger partial charge in [-0.25, -0.2) is 0 Å². The smallest absolute Gasteiger partial charge is 0.255 e. The first-order valence-corrected chi connectivity index (χ1v) is 5.80. The first kappa shape index (κ1) is 13.7. The molecule has 0 saturated heterocycles. The molecule has 0 saturated carbocycles. The van der Waals surface area contributed by atoms with Crippen molar-refractivity contribution in [1.82, 2.24) is 15.5 Å². The van der Waals surface area contributed by atoms with Crippen LogP contribution in [0.4, 0.5) is 0 Å². The highest BCUT2D eigenvalue weighted by Gasteiger charge is 2.26. The number of carbonyl (C=O) groups excluding carboxylic acids is 1. The van der Waals surface area contributed by atoms with Crippen molar-refractivity contribution in [3.05, 3.63) is 17.0 Å². The Morgan fingerprint density at radius 2 is 2.06 bits per heavy atom. The summed E-state index contributed by atoms with van der Waals surface area (Å²) in [5.74, 6) is -0.112. The van der Waals surface area contributed by atoms with Gasteiger partial charge in [-0.3, -0.25) is 9.89 Å². The number of aromatic nitrogens is 2. The Hall–Kier alpha value is -1.36. The molecule has 1 heterocycles. The molecule has 0 aromatic carbocycles. The van der Waals surface area contributed by atoms with E-state index in [-0.39, 0.29) is 17.4 Å². The Morgan fingerprint density at radius 3 is 2.41 bits per heavy atom. The van der Waals surface area contributed by atoms with Gasteiger partial charge in [0.2, 0.25) is 0 Å². The van der Waals surface area contributed by atoms with E-state index >= 15 is 0 Å². The molecule has 1 unspecified atom stereocenters. The molecule has 0 spiro atoms. The fraction of sp³-hybridized carbons (Fsp3) is 0.667. The summed E-state index contributed by atoms with van der Waals surface area (Å²) in [6.45, 7) is 10.2. The average Bonchev–Trinajstić information content (AvgIpc) is 2.53. The van der Waals surface area contributed by atoms with E-state index in [4.69, 9.17) is 5.73 Å². The molecule has 0 aliphatic heterocycles.